The lowest BCUT2D eigenvalue weighted by molar-refractivity contribution is -0.0389. The maximum absolute atomic E-state index is 12.5. The Morgan fingerprint density at radius 2 is 2.33 bits per heavy atom. The number of rotatable bonds is 2. The van der Waals surface area contributed by atoms with Crippen LogP contribution in [0.1, 0.15) is 36.3 Å². The summed E-state index contributed by atoms with van der Waals surface area (Å²) >= 11 is 0. The Morgan fingerprint density at radius 3 is 3.00 bits per heavy atom. The quantitative estimate of drug-likeness (QED) is 0.827. The van der Waals surface area contributed by atoms with Crippen LogP contribution in [-0.2, 0) is 4.74 Å². The first-order valence-electron chi connectivity index (χ1n) is 7.10. The number of aliphatic hydroxyl groups excluding tert-OH is 1. The zero-order valence-electron chi connectivity index (χ0n) is 12.4. The first kappa shape index (κ1) is 15.5. The average Bonchev–Trinajstić information content (AvgIpc) is 2.50. The standard InChI is InChI=1S/C16H20N2O3/c1-12-11-21-13(2)10-18(12)16(20)15-7-6-14(9-17-15)5-3-4-8-19/h6-7,9,12-13,19H,4,8,10-11H2,1-2H3. The van der Waals surface area contributed by atoms with Gasteiger partial charge in [0.25, 0.3) is 5.91 Å². The fraction of sp³-hybridized carbons (Fsp3) is 0.500. The van der Waals surface area contributed by atoms with Gasteiger partial charge in [-0.1, -0.05) is 11.8 Å². The molecule has 2 atom stereocenters. The van der Waals surface area contributed by atoms with E-state index >= 15 is 0 Å². The summed E-state index contributed by atoms with van der Waals surface area (Å²) in [6.45, 7) is 5.11. The van der Waals surface area contributed by atoms with Gasteiger partial charge in [0.15, 0.2) is 0 Å². The van der Waals surface area contributed by atoms with Crippen molar-refractivity contribution < 1.29 is 14.6 Å². The van der Waals surface area contributed by atoms with E-state index in [1.165, 1.54) is 0 Å². The van der Waals surface area contributed by atoms with Crippen LogP contribution >= 0.6 is 0 Å². The molecule has 0 aliphatic carbocycles. The van der Waals surface area contributed by atoms with Gasteiger partial charge in [-0.25, -0.2) is 4.98 Å². The summed E-state index contributed by atoms with van der Waals surface area (Å²) in [7, 11) is 0. The molecule has 2 unspecified atom stereocenters. The third-order valence-corrected chi connectivity index (χ3v) is 3.32. The first-order valence-corrected chi connectivity index (χ1v) is 7.10. The number of pyridine rings is 1. The lowest BCUT2D eigenvalue weighted by atomic mass is 10.1. The molecule has 2 rings (SSSR count). The molecule has 2 heterocycles. The second-order valence-electron chi connectivity index (χ2n) is 5.16. The third-order valence-electron chi connectivity index (χ3n) is 3.32. The summed E-state index contributed by atoms with van der Waals surface area (Å²) in [4.78, 5) is 18.5. The van der Waals surface area contributed by atoms with Gasteiger partial charge in [-0.3, -0.25) is 4.79 Å². The van der Waals surface area contributed by atoms with Crippen molar-refractivity contribution in [1.29, 1.82) is 0 Å². The minimum Gasteiger partial charge on any atom is -0.395 e. The minimum absolute atomic E-state index is 0.0457. The fourth-order valence-corrected chi connectivity index (χ4v) is 2.15. The van der Waals surface area contributed by atoms with Crippen LogP contribution < -0.4 is 0 Å². The number of carbonyl (C=O) groups is 1. The molecule has 5 nitrogen and oxygen atoms in total. The molecule has 21 heavy (non-hydrogen) atoms. The van der Waals surface area contributed by atoms with Gasteiger partial charge >= 0.3 is 0 Å². The number of hydrogen-bond donors (Lipinski definition) is 1. The Kier molecular flexibility index (Phi) is 5.32. The highest BCUT2D eigenvalue weighted by Gasteiger charge is 2.28. The molecular formula is C16H20N2O3. The van der Waals surface area contributed by atoms with E-state index in [0.717, 1.165) is 5.56 Å². The summed E-state index contributed by atoms with van der Waals surface area (Å²) in [6.07, 6.45) is 2.07. The molecule has 1 N–H and O–H groups in total. The summed E-state index contributed by atoms with van der Waals surface area (Å²) < 4.78 is 5.53. The van der Waals surface area contributed by atoms with Crippen LogP contribution in [0.15, 0.2) is 18.3 Å². The molecule has 1 aromatic rings. The van der Waals surface area contributed by atoms with Crippen LogP contribution in [-0.4, -0.2) is 52.8 Å². The molecule has 112 valence electrons. The molecule has 0 saturated carbocycles. The van der Waals surface area contributed by atoms with Gasteiger partial charge in [0.2, 0.25) is 0 Å². The molecular weight excluding hydrogens is 268 g/mol. The zero-order valence-corrected chi connectivity index (χ0v) is 12.4. The molecule has 1 aliphatic rings. The third kappa shape index (κ3) is 4.03. The largest absolute Gasteiger partial charge is 0.395 e. The van der Waals surface area contributed by atoms with E-state index in [4.69, 9.17) is 9.84 Å². The van der Waals surface area contributed by atoms with E-state index < -0.39 is 0 Å². The van der Waals surface area contributed by atoms with E-state index in [1.807, 2.05) is 13.8 Å². The van der Waals surface area contributed by atoms with Crippen LogP contribution in [0.5, 0.6) is 0 Å². The van der Waals surface area contributed by atoms with Crippen molar-refractivity contribution >= 4 is 5.91 Å². The van der Waals surface area contributed by atoms with Gasteiger partial charge in [-0.15, -0.1) is 0 Å². The summed E-state index contributed by atoms with van der Waals surface area (Å²) in [5.41, 5.74) is 1.16. The van der Waals surface area contributed by atoms with Gasteiger partial charge in [0.05, 0.1) is 25.4 Å². The van der Waals surface area contributed by atoms with E-state index in [1.54, 1.807) is 23.2 Å². The molecule has 1 aliphatic heterocycles. The van der Waals surface area contributed by atoms with Gasteiger partial charge in [-0.2, -0.15) is 0 Å². The molecule has 0 aromatic carbocycles. The summed E-state index contributed by atoms with van der Waals surface area (Å²) in [5.74, 6) is 5.64. The SMILES string of the molecule is CC1CN(C(=O)c2ccc(C#CCCO)cn2)C(C)CO1. The second kappa shape index (κ2) is 7.21. The number of ether oxygens (including phenoxy) is 1. The van der Waals surface area contributed by atoms with E-state index in [9.17, 15) is 4.79 Å². The second-order valence-corrected chi connectivity index (χ2v) is 5.16. The molecule has 0 bridgehead atoms. The van der Waals surface area contributed by atoms with Gasteiger partial charge in [-0.05, 0) is 26.0 Å². The Morgan fingerprint density at radius 1 is 1.52 bits per heavy atom. The van der Waals surface area contributed by atoms with Crippen LogP contribution in [0.3, 0.4) is 0 Å². The van der Waals surface area contributed by atoms with Gasteiger partial charge in [0, 0.05) is 24.7 Å². The number of carbonyl (C=O) groups excluding carboxylic acids is 1. The average molecular weight is 288 g/mol. The van der Waals surface area contributed by atoms with Crippen molar-refractivity contribution in [2.24, 2.45) is 0 Å². The normalized spacial score (nSPS) is 21.6. The summed E-state index contributed by atoms with van der Waals surface area (Å²) in [6, 6.07) is 3.52. The predicted molar refractivity (Wildman–Crippen MR) is 78.7 cm³/mol. The van der Waals surface area contributed by atoms with Crippen molar-refractivity contribution in [2.45, 2.75) is 32.4 Å². The minimum atomic E-state index is -0.0764. The molecule has 1 aromatic heterocycles. The topological polar surface area (TPSA) is 62.7 Å². The van der Waals surface area contributed by atoms with Crippen molar-refractivity contribution in [3.05, 3.63) is 29.6 Å². The van der Waals surface area contributed by atoms with Crippen LogP contribution in [0, 0.1) is 11.8 Å². The highest BCUT2D eigenvalue weighted by Crippen LogP contribution is 2.14. The Hall–Kier alpha value is -1.90. The Bertz CT molecular complexity index is 545. The monoisotopic (exact) mass is 288 g/mol. The van der Waals surface area contributed by atoms with E-state index in [-0.39, 0.29) is 24.7 Å². The number of morpholine rings is 1. The van der Waals surface area contributed by atoms with Gasteiger partial charge in [0.1, 0.15) is 5.69 Å². The summed E-state index contributed by atoms with van der Waals surface area (Å²) in [5, 5.41) is 8.67. The fourth-order valence-electron chi connectivity index (χ4n) is 2.15. The molecule has 1 amide bonds. The van der Waals surface area contributed by atoms with Crippen LogP contribution in [0.4, 0.5) is 0 Å². The Balaban J connectivity index is 2.07. The molecule has 0 radical (unpaired) electrons. The molecule has 5 heteroatoms. The van der Waals surface area contributed by atoms with Crippen molar-refractivity contribution in [1.82, 2.24) is 9.88 Å². The number of hydrogen-bond acceptors (Lipinski definition) is 4. The lowest BCUT2D eigenvalue weighted by Gasteiger charge is -2.36. The highest BCUT2D eigenvalue weighted by atomic mass is 16.5. The van der Waals surface area contributed by atoms with Crippen molar-refractivity contribution in [3.8, 4) is 11.8 Å². The van der Waals surface area contributed by atoms with E-state index in [2.05, 4.69) is 16.8 Å². The Labute approximate surface area is 124 Å². The number of aromatic nitrogens is 1. The highest BCUT2D eigenvalue weighted by molar-refractivity contribution is 5.92. The first-order chi connectivity index (χ1) is 10.1. The van der Waals surface area contributed by atoms with Crippen LogP contribution in [0.2, 0.25) is 0 Å². The number of aliphatic hydroxyl groups is 1. The maximum Gasteiger partial charge on any atom is 0.272 e. The number of nitrogens with zero attached hydrogens (tertiary/aromatic N) is 2. The molecule has 0 spiro atoms. The van der Waals surface area contributed by atoms with Crippen molar-refractivity contribution in [2.75, 3.05) is 19.8 Å². The van der Waals surface area contributed by atoms with Gasteiger partial charge < -0.3 is 14.7 Å². The van der Waals surface area contributed by atoms with Crippen LogP contribution in [0.25, 0.3) is 0 Å². The van der Waals surface area contributed by atoms with Crippen molar-refractivity contribution in [3.63, 3.8) is 0 Å². The lowest BCUT2D eigenvalue weighted by Crippen LogP contribution is -2.50. The smallest absolute Gasteiger partial charge is 0.272 e. The zero-order chi connectivity index (χ0) is 15.2. The maximum atomic E-state index is 12.5. The molecule has 1 saturated heterocycles. The predicted octanol–water partition coefficient (Wildman–Crippen LogP) is 1.06. The van der Waals surface area contributed by atoms with E-state index in [0.29, 0.717) is 25.3 Å². The molecule has 1 fully saturated rings. The number of amides is 1.